The van der Waals surface area contributed by atoms with E-state index in [1.54, 1.807) is 7.05 Å². The Morgan fingerprint density at radius 3 is 2.48 bits per heavy atom. The third-order valence-corrected chi connectivity index (χ3v) is 5.29. The fourth-order valence-electron chi connectivity index (χ4n) is 2.16. The first-order chi connectivity index (χ1) is 9.84. The van der Waals surface area contributed by atoms with Gasteiger partial charge in [0.25, 0.3) is 10.0 Å². The maximum Gasteiger partial charge on any atom is 0.262 e. The van der Waals surface area contributed by atoms with Crippen LogP contribution in [0.1, 0.15) is 24.6 Å². The van der Waals surface area contributed by atoms with Crippen molar-refractivity contribution >= 4 is 10.0 Å². The average Bonchev–Trinajstić information content (AvgIpc) is 2.77. The molecule has 21 heavy (non-hydrogen) atoms. The summed E-state index contributed by atoms with van der Waals surface area (Å²) in [6, 6.07) is 0. The van der Waals surface area contributed by atoms with Crippen molar-refractivity contribution in [2.75, 3.05) is 40.8 Å². The molecule has 0 amide bonds. The van der Waals surface area contributed by atoms with Crippen molar-refractivity contribution in [1.82, 2.24) is 24.7 Å². The van der Waals surface area contributed by atoms with Crippen LogP contribution in [-0.4, -0.2) is 68.6 Å². The van der Waals surface area contributed by atoms with Gasteiger partial charge in [0.2, 0.25) is 0 Å². The highest BCUT2D eigenvalue weighted by Crippen LogP contribution is 2.20. The van der Waals surface area contributed by atoms with Gasteiger partial charge in [-0.25, -0.2) is 8.42 Å². The molecule has 0 unspecified atom stereocenters. The van der Waals surface area contributed by atoms with Gasteiger partial charge >= 0.3 is 0 Å². The molecule has 1 rings (SSSR count). The van der Waals surface area contributed by atoms with Crippen molar-refractivity contribution in [2.45, 2.75) is 31.8 Å². The Kier molecular flexibility index (Phi) is 6.79. The monoisotopic (exact) mass is 317 g/mol. The molecule has 122 valence electrons. The predicted octanol–water partition coefficient (Wildman–Crippen LogP) is 0.400. The van der Waals surface area contributed by atoms with Gasteiger partial charge in [-0.1, -0.05) is 6.92 Å². The molecule has 1 aromatic heterocycles. The maximum atomic E-state index is 12.8. The van der Waals surface area contributed by atoms with Crippen LogP contribution in [0.3, 0.4) is 0 Å². The number of H-pyrrole nitrogens is 1. The van der Waals surface area contributed by atoms with Gasteiger partial charge in [-0.3, -0.25) is 5.10 Å². The fourth-order valence-corrected chi connectivity index (χ4v) is 3.81. The van der Waals surface area contributed by atoms with E-state index >= 15 is 0 Å². The van der Waals surface area contributed by atoms with Gasteiger partial charge in [0.1, 0.15) is 0 Å². The molecule has 0 saturated heterocycles. The molecule has 0 saturated carbocycles. The summed E-state index contributed by atoms with van der Waals surface area (Å²) < 4.78 is 27.0. The van der Waals surface area contributed by atoms with Crippen LogP contribution in [0.5, 0.6) is 0 Å². The SMILES string of the molecule is CCN(CCCN(C)C)S(=O)(=O)c1n[nH]c(C)c1CNC. The van der Waals surface area contributed by atoms with Gasteiger partial charge in [-0.15, -0.1) is 0 Å². The van der Waals surface area contributed by atoms with Crippen LogP contribution in [0.15, 0.2) is 5.03 Å². The lowest BCUT2D eigenvalue weighted by molar-refractivity contribution is 0.355. The molecule has 0 spiro atoms. The molecule has 0 aromatic carbocycles. The summed E-state index contributed by atoms with van der Waals surface area (Å²) in [5.74, 6) is 0. The molecule has 0 aliphatic rings. The second kappa shape index (κ2) is 7.88. The topological polar surface area (TPSA) is 81.3 Å². The fraction of sp³-hybridized carbons (Fsp3) is 0.769. The molecule has 0 radical (unpaired) electrons. The van der Waals surface area contributed by atoms with Crippen LogP contribution in [0.2, 0.25) is 0 Å². The largest absolute Gasteiger partial charge is 0.316 e. The van der Waals surface area contributed by atoms with Crippen molar-refractivity contribution in [3.63, 3.8) is 0 Å². The molecule has 8 heteroatoms. The number of aryl methyl sites for hydroxylation is 1. The number of nitrogens with one attached hydrogen (secondary N) is 2. The Bertz CT molecular complexity index is 539. The molecular weight excluding hydrogens is 290 g/mol. The van der Waals surface area contributed by atoms with E-state index in [1.807, 2.05) is 32.8 Å². The van der Waals surface area contributed by atoms with Gasteiger partial charge < -0.3 is 10.2 Å². The molecule has 0 bridgehead atoms. The molecule has 0 fully saturated rings. The molecule has 0 aliphatic heterocycles. The number of aromatic nitrogens is 2. The third kappa shape index (κ3) is 4.50. The predicted molar refractivity (Wildman–Crippen MR) is 83.7 cm³/mol. The highest BCUT2D eigenvalue weighted by atomic mass is 32.2. The quantitative estimate of drug-likeness (QED) is 0.689. The summed E-state index contributed by atoms with van der Waals surface area (Å²) in [4.78, 5) is 2.05. The Morgan fingerprint density at radius 2 is 1.95 bits per heavy atom. The highest BCUT2D eigenvalue weighted by Gasteiger charge is 2.29. The number of hydrogen-bond acceptors (Lipinski definition) is 5. The van der Waals surface area contributed by atoms with Crippen LogP contribution < -0.4 is 5.32 Å². The van der Waals surface area contributed by atoms with E-state index in [1.165, 1.54) is 4.31 Å². The maximum absolute atomic E-state index is 12.8. The summed E-state index contributed by atoms with van der Waals surface area (Å²) in [5, 5.41) is 9.92. The second-order valence-electron chi connectivity index (χ2n) is 5.32. The van der Waals surface area contributed by atoms with Gasteiger partial charge in [-0.2, -0.15) is 9.40 Å². The Labute approximate surface area is 127 Å². The lowest BCUT2D eigenvalue weighted by Crippen LogP contribution is -2.34. The van der Waals surface area contributed by atoms with Gasteiger partial charge in [0.05, 0.1) is 0 Å². The average molecular weight is 317 g/mol. The summed E-state index contributed by atoms with van der Waals surface area (Å²) in [6.07, 6.45) is 0.796. The summed E-state index contributed by atoms with van der Waals surface area (Å²) in [7, 11) is 2.20. The number of rotatable bonds is 9. The van der Waals surface area contributed by atoms with E-state index in [9.17, 15) is 8.42 Å². The van der Waals surface area contributed by atoms with E-state index in [2.05, 4.69) is 15.5 Å². The van der Waals surface area contributed by atoms with Gasteiger partial charge in [-0.05, 0) is 41.0 Å². The zero-order valence-electron chi connectivity index (χ0n) is 13.6. The van der Waals surface area contributed by atoms with E-state index in [4.69, 9.17) is 0 Å². The normalized spacial score (nSPS) is 12.5. The molecule has 2 N–H and O–H groups in total. The Hall–Kier alpha value is -0.960. The third-order valence-electron chi connectivity index (χ3n) is 3.34. The highest BCUT2D eigenvalue weighted by molar-refractivity contribution is 7.89. The Balaban J connectivity index is 2.96. The zero-order chi connectivity index (χ0) is 16.0. The zero-order valence-corrected chi connectivity index (χ0v) is 14.4. The van der Waals surface area contributed by atoms with Crippen LogP contribution in [0.25, 0.3) is 0 Å². The summed E-state index contributed by atoms with van der Waals surface area (Å²) in [6.45, 7) is 5.97. The van der Waals surface area contributed by atoms with Gasteiger partial charge in [0.15, 0.2) is 5.03 Å². The van der Waals surface area contributed by atoms with E-state index in [-0.39, 0.29) is 5.03 Å². The summed E-state index contributed by atoms with van der Waals surface area (Å²) >= 11 is 0. The van der Waals surface area contributed by atoms with Crippen LogP contribution >= 0.6 is 0 Å². The summed E-state index contributed by atoms with van der Waals surface area (Å²) in [5.41, 5.74) is 1.50. The number of hydrogen-bond donors (Lipinski definition) is 2. The molecule has 0 atom stereocenters. The minimum atomic E-state index is -3.55. The molecule has 1 aromatic rings. The Morgan fingerprint density at radius 1 is 1.29 bits per heavy atom. The number of nitrogens with zero attached hydrogens (tertiary/aromatic N) is 3. The lowest BCUT2D eigenvalue weighted by Gasteiger charge is -2.21. The second-order valence-corrected chi connectivity index (χ2v) is 7.17. The van der Waals surface area contributed by atoms with Crippen molar-refractivity contribution in [3.8, 4) is 0 Å². The molecular formula is C13H27N5O2S. The van der Waals surface area contributed by atoms with E-state index in [0.29, 0.717) is 25.2 Å². The molecule has 7 nitrogen and oxygen atoms in total. The standard InChI is InChI=1S/C13H27N5O2S/c1-6-18(9-7-8-17(4)5)21(19,20)13-12(10-14-3)11(2)15-16-13/h14H,6-10H2,1-5H3,(H,15,16). The number of aromatic amines is 1. The molecule has 1 heterocycles. The lowest BCUT2D eigenvalue weighted by atomic mass is 10.3. The minimum absolute atomic E-state index is 0.140. The first kappa shape index (κ1) is 18.1. The van der Waals surface area contributed by atoms with Crippen molar-refractivity contribution in [1.29, 1.82) is 0 Å². The first-order valence-corrected chi connectivity index (χ1v) is 8.61. The van der Waals surface area contributed by atoms with E-state index < -0.39 is 10.0 Å². The van der Waals surface area contributed by atoms with E-state index in [0.717, 1.165) is 18.7 Å². The minimum Gasteiger partial charge on any atom is -0.316 e. The van der Waals surface area contributed by atoms with Crippen LogP contribution in [0.4, 0.5) is 0 Å². The number of sulfonamides is 1. The van der Waals surface area contributed by atoms with Crippen molar-refractivity contribution in [2.24, 2.45) is 0 Å². The smallest absolute Gasteiger partial charge is 0.262 e. The van der Waals surface area contributed by atoms with Crippen molar-refractivity contribution in [3.05, 3.63) is 11.3 Å². The van der Waals surface area contributed by atoms with Crippen LogP contribution in [-0.2, 0) is 16.6 Å². The van der Waals surface area contributed by atoms with Crippen molar-refractivity contribution < 1.29 is 8.42 Å². The first-order valence-electron chi connectivity index (χ1n) is 7.17. The molecule has 0 aliphatic carbocycles. The van der Waals surface area contributed by atoms with Gasteiger partial charge in [0, 0.05) is 30.9 Å². The van der Waals surface area contributed by atoms with Crippen LogP contribution in [0, 0.1) is 6.92 Å².